The Morgan fingerprint density at radius 2 is 1.67 bits per heavy atom. The first-order valence-corrected chi connectivity index (χ1v) is 8.31. The lowest BCUT2D eigenvalue weighted by Crippen LogP contribution is -2.59. The van der Waals surface area contributed by atoms with Crippen LogP contribution in [0, 0.1) is 17.8 Å². The second-order valence-electron chi connectivity index (χ2n) is 6.84. The summed E-state index contributed by atoms with van der Waals surface area (Å²) in [5.74, 6) is 0.450. The number of hydrogen-bond donors (Lipinski definition) is 3. The number of rotatable bonds is 5. The van der Waals surface area contributed by atoms with Crippen LogP contribution in [0.25, 0.3) is 0 Å². The Balaban J connectivity index is 2.05. The summed E-state index contributed by atoms with van der Waals surface area (Å²) in [5.41, 5.74) is 10.9. The van der Waals surface area contributed by atoms with Crippen LogP contribution in [0.1, 0.15) is 58.8 Å². The summed E-state index contributed by atoms with van der Waals surface area (Å²) in [6, 6.07) is 0.251. The van der Waals surface area contributed by atoms with Crippen molar-refractivity contribution in [2.75, 3.05) is 0 Å². The number of primary amides is 1. The molecular formula is C16H29N3O2. The molecule has 2 unspecified atom stereocenters. The predicted molar refractivity (Wildman–Crippen MR) is 82.2 cm³/mol. The number of fused-ring (bicyclic) bond motifs is 2. The Labute approximate surface area is 127 Å². The second-order valence-corrected chi connectivity index (χ2v) is 6.84. The largest absolute Gasteiger partial charge is 0.368 e. The molecule has 120 valence electrons. The minimum Gasteiger partial charge on any atom is -0.368 e. The molecule has 5 N–H and O–H groups in total. The molecule has 2 rings (SSSR count). The van der Waals surface area contributed by atoms with Gasteiger partial charge in [-0.3, -0.25) is 9.59 Å². The number of carbonyl (C=O) groups excluding carboxylic acids is 2. The molecule has 5 nitrogen and oxygen atoms in total. The van der Waals surface area contributed by atoms with Crippen LogP contribution in [0.15, 0.2) is 0 Å². The van der Waals surface area contributed by atoms with Gasteiger partial charge in [0.25, 0.3) is 0 Å². The van der Waals surface area contributed by atoms with E-state index in [0.717, 1.165) is 25.7 Å². The highest BCUT2D eigenvalue weighted by atomic mass is 16.2. The van der Waals surface area contributed by atoms with Crippen LogP contribution in [0.5, 0.6) is 0 Å². The monoisotopic (exact) mass is 295 g/mol. The van der Waals surface area contributed by atoms with Gasteiger partial charge in [-0.15, -0.1) is 0 Å². The van der Waals surface area contributed by atoms with Gasteiger partial charge in [0, 0.05) is 12.0 Å². The number of hydrogen-bond acceptors (Lipinski definition) is 3. The van der Waals surface area contributed by atoms with Gasteiger partial charge in [-0.05, 0) is 50.4 Å². The van der Waals surface area contributed by atoms with Crippen molar-refractivity contribution in [3.8, 4) is 0 Å². The van der Waals surface area contributed by atoms with Gasteiger partial charge < -0.3 is 16.8 Å². The van der Waals surface area contributed by atoms with Crippen LogP contribution in [0.2, 0.25) is 0 Å². The van der Waals surface area contributed by atoms with Crippen molar-refractivity contribution in [1.29, 1.82) is 0 Å². The highest BCUT2D eigenvalue weighted by molar-refractivity contribution is 5.91. The maximum absolute atomic E-state index is 12.6. The molecule has 2 fully saturated rings. The van der Waals surface area contributed by atoms with Crippen molar-refractivity contribution in [2.24, 2.45) is 29.2 Å². The third-order valence-corrected chi connectivity index (χ3v) is 5.83. The average Bonchev–Trinajstić information content (AvgIpc) is 2.44. The highest BCUT2D eigenvalue weighted by Crippen LogP contribution is 2.42. The summed E-state index contributed by atoms with van der Waals surface area (Å²) < 4.78 is 0. The Kier molecular flexibility index (Phi) is 4.91. The number of amides is 2. The van der Waals surface area contributed by atoms with Crippen LogP contribution in [-0.4, -0.2) is 23.4 Å². The zero-order valence-electron chi connectivity index (χ0n) is 13.2. The molecule has 0 aromatic carbocycles. The zero-order chi connectivity index (χ0) is 15.6. The summed E-state index contributed by atoms with van der Waals surface area (Å²) in [6.07, 6.45) is 6.26. The third kappa shape index (κ3) is 3.07. The van der Waals surface area contributed by atoms with E-state index in [1.54, 1.807) is 0 Å². The summed E-state index contributed by atoms with van der Waals surface area (Å²) in [6.45, 7) is 3.78. The van der Waals surface area contributed by atoms with Crippen LogP contribution in [0.3, 0.4) is 0 Å². The molecule has 0 heterocycles. The molecule has 2 atom stereocenters. The average molecular weight is 295 g/mol. The van der Waals surface area contributed by atoms with E-state index in [1.165, 1.54) is 6.42 Å². The summed E-state index contributed by atoms with van der Waals surface area (Å²) in [5, 5.41) is 2.95. The second kappa shape index (κ2) is 6.34. The minimum atomic E-state index is -0.897. The molecule has 2 aliphatic rings. The molecule has 0 saturated heterocycles. The van der Waals surface area contributed by atoms with Gasteiger partial charge in [-0.2, -0.15) is 0 Å². The molecule has 0 spiro atoms. The first kappa shape index (κ1) is 16.3. The van der Waals surface area contributed by atoms with E-state index in [2.05, 4.69) is 5.32 Å². The molecule has 0 aromatic heterocycles. The van der Waals surface area contributed by atoms with E-state index in [1.807, 2.05) is 13.8 Å². The Morgan fingerprint density at radius 1 is 1.14 bits per heavy atom. The van der Waals surface area contributed by atoms with Crippen molar-refractivity contribution in [1.82, 2.24) is 5.32 Å². The molecule has 2 amide bonds. The van der Waals surface area contributed by atoms with Crippen LogP contribution >= 0.6 is 0 Å². The topological polar surface area (TPSA) is 98.2 Å². The SMILES string of the molecule is CCC(CC)(NC(=O)C1CC2CCCC(C1)C2N)C(N)=O. The lowest BCUT2D eigenvalue weighted by molar-refractivity contribution is -0.136. The number of nitrogens with two attached hydrogens (primary N) is 2. The maximum Gasteiger partial charge on any atom is 0.243 e. The molecule has 2 aliphatic carbocycles. The maximum atomic E-state index is 12.6. The van der Waals surface area contributed by atoms with Crippen molar-refractivity contribution >= 4 is 11.8 Å². The number of carbonyl (C=O) groups is 2. The molecular weight excluding hydrogens is 266 g/mol. The fourth-order valence-corrected chi connectivity index (χ4v) is 4.18. The van der Waals surface area contributed by atoms with Gasteiger partial charge in [-0.25, -0.2) is 0 Å². The molecule has 21 heavy (non-hydrogen) atoms. The molecule has 0 radical (unpaired) electrons. The smallest absolute Gasteiger partial charge is 0.243 e. The van der Waals surface area contributed by atoms with Crippen LogP contribution in [-0.2, 0) is 9.59 Å². The van der Waals surface area contributed by atoms with Gasteiger partial charge in [-0.1, -0.05) is 20.3 Å². The Bertz CT molecular complexity index is 392. The minimum absolute atomic E-state index is 0.0127. The third-order valence-electron chi connectivity index (χ3n) is 5.83. The molecule has 0 aliphatic heterocycles. The van der Waals surface area contributed by atoms with E-state index in [0.29, 0.717) is 24.7 Å². The van der Waals surface area contributed by atoms with Crippen molar-refractivity contribution < 1.29 is 9.59 Å². The normalized spacial score (nSPS) is 32.5. The Morgan fingerprint density at radius 3 is 2.10 bits per heavy atom. The zero-order valence-corrected chi connectivity index (χ0v) is 13.2. The van der Waals surface area contributed by atoms with Crippen LogP contribution in [0.4, 0.5) is 0 Å². The first-order valence-electron chi connectivity index (χ1n) is 8.31. The van der Waals surface area contributed by atoms with E-state index in [4.69, 9.17) is 11.5 Å². The van der Waals surface area contributed by atoms with E-state index in [9.17, 15) is 9.59 Å². The molecule has 2 bridgehead atoms. The summed E-state index contributed by atoms with van der Waals surface area (Å²) in [7, 11) is 0. The van der Waals surface area contributed by atoms with Gasteiger partial charge in [0.05, 0.1) is 0 Å². The fourth-order valence-electron chi connectivity index (χ4n) is 4.18. The number of nitrogens with one attached hydrogen (secondary N) is 1. The Hall–Kier alpha value is -1.10. The highest BCUT2D eigenvalue weighted by Gasteiger charge is 2.43. The van der Waals surface area contributed by atoms with Crippen molar-refractivity contribution in [3.05, 3.63) is 0 Å². The summed E-state index contributed by atoms with van der Waals surface area (Å²) >= 11 is 0. The van der Waals surface area contributed by atoms with Gasteiger partial charge >= 0.3 is 0 Å². The summed E-state index contributed by atoms with van der Waals surface area (Å²) in [4.78, 5) is 24.4. The molecule has 5 heteroatoms. The molecule has 2 saturated carbocycles. The first-order chi connectivity index (χ1) is 9.93. The lowest BCUT2D eigenvalue weighted by atomic mass is 9.65. The van der Waals surface area contributed by atoms with Crippen molar-refractivity contribution in [3.63, 3.8) is 0 Å². The van der Waals surface area contributed by atoms with Gasteiger partial charge in [0.1, 0.15) is 5.54 Å². The van der Waals surface area contributed by atoms with Gasteiger partial charge in [0.2, 0.25) is 11.8 Å². The van der Waals surface area contributed by atoms with E-state index in [-0.39, 0.29) is 17.9 Å². The van der Waals surface area contributed by atoms with Crippen molar-refractivity contribution in [2.45, 2.75) is 70.4 Å². The van der Waals surface area contributed by atoms with Crippen LogP contribution < -0.4 is 16.8 Å². The van der Waals surface area contributed by atoms with E-state index >= 15 is 0 Å². The van der Waals surface area contributed by atoms with Gasteiger partial charge in [0.15, 0.2) is 0 Å². The van der Waals surface area contributed by atoms with E-state index < -0.39 is 11.4 Å². The predicted octanol–water partition coefficient (Wildman–Crippen LogP) is 1.30. The quantitative estimate of drug-likeness (QED) is 0.713. The lowest BCUT2D eigenvalue weighted by Gasteiger charge is -2.44. The molecule has 0 aromatic rings. The standard InChI is InChI=1S/C16H29N3O2/c1-3-16(4-2,15(18)21)19-14(20)12-8-10-6-5-7-11(9-12)13(10)17/h10-13H,3-9,17H2,1-2H3,(H2,18,21)(H,19,20). The fraction of sp³-hybridized carbons (Fsp3) is 0.875.